The lowest BCUT2D eigenvalue weighted by Crippen LogP contribution is -2.46. The summed E-state index contributed by atoms with van der Waals surface area (Å²) in [5.74, 6) is 1.65. The second kappa shape index (κ2) is 4.78. The Kier molecular flexibility index (Phi) is 3.14. The van der Waals surface area contributed by atoms with Crippen LogP contribution in [0.3, 0.4) is 0 Å². The van der Waals surface area contributed by atoms with Crippen LogP contribution < -0.4 is 9.47 Å². The van der Waals surface area contributed by atoms with Crippen molar-refractivity contribution < 1.29 is 19.3 Å². The molecule has 0 unspecified atom stereocenters. The van der Waals surface area contributed by atoms with Crippen molar-refractivity contribution in [2.75, 3.05) is 33.0 Å². The van der Waals surface area contributed by atoms with Gasteiger partial charge in [-0.05, 0) is 30.5 Å². The number of aliphatic hydroxyl groups excluding tert-OH is 1. The lowest BCUT2D eigenvalue weighted by molar-refractivity contribution is -0.0666. The molecule has 1 aromatic carbocycles. The van der Waals surface area contributed by atoms with Gasteiger partial charge in [0, 0.05) is 12.0 Å². The van der Waals surface area contributed by atoms with Crippen LogP contribution in [0.4, 0.5) is 0 Å². The third-order valence-electron chi connectivity index (χ3n) is 3.72. The summed E-state index contributed by atoms with van der Waals surface area (Å²) in [4.78, 5) is 0. The molecule has 18 heavy (non-hydrogen) atoms. The van der Waals surface area contributed by atoms with Gasteiger partial charge in [-0.15, -0.1) is 0 Å². The van der Waals surface area contributed by atoms with E-state index in [1.54, 1.807) is 0 Å². The minimum absolute atomic E-state index is 0.0541. The van der Waals surface area contributed by atoms with Gasteiger partial charge < -0.3 is 19.3 Å². The van der Waals surface area contributed by atoms with Crippen LogP contribution in [0.25, 0.3) is 0 Å². The van der Waals surface area contributed by atoms with Crippen LogP contribution in [0.5, 0.6) is 11.5 Å². The van der Waals surface area contributed by atoms with E-state index in [0.29, 0.717) is 13.2 Å². The molecule has 1 N–H and O–H groups in total. The van der Waals surface area contributed by atoms with E-state index in [-0.39, 0.29) is 12.0 Å². The highest BCUT2D eigenvalue weighted by atomic mass is 16.6. The molecule has 1 fully saturated rings. The summed E-state index contributed by atoms with van der Waals surface area (Å²) in [7, 11) is 0. The van der Waals surface area contributed by atoms with Gasteiger partial charge in [0.25, 0.3) is 0 Å². The predicted octanol–water partition coefficient (Wildman–Crippen LogP) is 1.50. The number of hydrogen-bond donors (Lipinski definition) is 1. The molecule has 1 saturated heterocycles. The van der Waals surface area contributed by atoms with Gasteiger partial charge in [-0.25, -0.2) is 0 Å². The van der Waals surface area contributed by atoms with Crippen molar-refractivity contribution in [3.63, 3.8) is 0 Å². The standard InChI is InChI=1S/C14H18O4/c15-5-1-4-14(9-16-10-14)11-2-3-12-13(8-11)18-7-6-17-12/h2-3,8,15H,1,4-7,9-10H2. The van der Waals surface area contributed by atoms with Crippen molar-refractivity contribution in [1.82, 2.24) is 0 Å². The maximum atomic E-state index is 9.00. The number of aliphatic hydroxyl groups is 1. The van der Waals surface area contributed by atoms with Crippen molar-refractivity contribution in [1.29, 1.82) is 0 Å². The molecule has 4 nitrogen and oxygen atoms in total. The third kappa shape index (κ3) is 1.95. The van der Waals surface area contributed by atoms with E-state index in [1.165, 1.54) is 5.56 Å². The van der Waals surface area contributed by atoms with Crippen LogP contribution in [0.15, 0.2) is 18.2 Å². The smallest absolute Gasteiger partial charge is 0.161 e. The molecule has 2 heterocycles. The molecular formula is C14H18O4. The zero-order chi connectivity index (χ0) is 12.4. The minimum atomic E-state index is 0.0541. The maximum absolute atomic E-state index is 9.00. The molecule has 0 radical (unpaired) electrons. The van der Waals surface area contributed by atoms with Gasteiger partial charge in [0.15, 0.2) is 11.5 Å². The average Bonchev–Trinajstić information content (AvgIpc) is 2.37. The molecule has 98 valence electrons. The molecule has 0 amide bonds. The summed E-state index contributed by atoms with van der Waals surface area (Å²) in [6, 6.07) is 6.13. The second-order valence-corrected chi connectivity index (χ2v) is 4.96. The number of rotatable bonds is 4. The first-order valence-electron chi connectivity index (χ1n) is 6.43. The summed E-state index contributed by atoms with van der Waals surface area (Å²) < 4.78 is 16.5. The van der Waals surface area contributed by atoms with Crippen LogP contribution in [-0.4, -0.2) is 38.1 Å². The molecule has 4 heteroatoms. The SMILES string of the molecule is OCCCC1(c2ccc3c(c2)OCCO3)COC1. The molecule has 0 aromatic heterocycles. The van der Waals surface area contributed by atoms with Gasteiger partial charge in [0.1, 0.15) is 13.2 Å². The maximum Gasteiger partial charge on any atom is 0.161 e. The summed E-state index contributed by atoms with van der Waals surface area (Å²) >= 11 is 0. The van der Waals surface area contributed by atoms with Gasteiger partial charge in [0.2, 0.25) is 0 Å². The largest absolute Gasteiger partial charge is 0.486 e. The molecule has 2 aliphatic rings. The molecule has 0 saturated carbocycles. The monoisotopic (exact) mass is 250 g/mol. The van der Waals surface area contributed by atoms with E-state index in [0.717, 1.165) is 37.6 Å². The normalized spacial score (nSPS) is 20.3. The second-order valence-electron chi connectivity index (χ2n) is 4.96. The fraction of sp³-hybridized carbons (Fsp3) is 0.571. The van der Waals surface area contributed by atoms with Gasteiger partial charge >= 0.3 is 0 Å². The van der Waals surface area contributed by atoms with E-state index in [1.807, 2.05) is 6.07 Å². The van der Waals surface area contributed by atoms with Gasteiger partial charge in [-0.2, -0.15) is 0 Å². The van der Waals surface area contributed by atoms with Crippen molar-refractivity contribution in [3.8, 4) is 11.5 Å². The predicted molar refractivity (Wildman–Crippen MR) is 66.2 cm³/mol. The Bertz CT molecular complexity index is 426. The van der Waals surface area contributed by atoms with Crippen molar-refractivity contribution in [2.24, 2.45) is 0 Å². The molecule has 1 aromatic rings. The Morgan fingerprint density at radius 1 is 1.11 bits per heavy atom. The zero-order valence-corrected chi connectivity index (χ0v) is 10.4. The number of fused-ring (bicyclic) bond motifs is 1. The van der Waals surface area contributed by atoms with Crippen molar-refractivity contribution in [3.05, 3.63) is 23.8 Å². The fourth-order valence-electron chi connectivity index (χ4n) is 2.59. The topological polar surface area (TPSA) is 47.9 Å². The molecule has 0 spiro atoms. The lowest BCUT2D eigenvalue weighted by Gasteiger charge is -2.42. The Morgan fingerprint density at radius 2 is 1.89 bits per heavy atom. The summed E-state index contributed by atoms with van der Waals surface area (Å²) in [6.07, 6.45) is 1.75. The Hall–Kier alpha value is -1.26. The Morgan fingerprint density at radius 3 is 2.56 bits per heavy atom. The van der Waals surface area contributed by atoms with E-state index < -0.39 is 0 Å². The first-order valence-corrected chi connectivity index (χ1v) is 6.43. The molecule has 0 bridgehead atoms. The highest BCUT2D eigenvalue weighted by Gasteiger charge is 2.40. The molecular weight excluding hydrogens is 232 g/mol. The average molecular weight is 250 g/mol. The van der Waals surface area contributed by atoms with Gasteiger partial charge in [-0.3, -0.25) is 0 Å². The quantitative estimate of drug-likeness (QED) is 0.879. The number of benzene rings is 1. The molecule has 2 aliphatic heterocycles. The first-order chi connectivity index (χ1) is 8.84. The Labute approximate surface area is 106 Å². The number of hydrogen-bond acceptors (Lipinski definition) is 4. The minimum Gasteiger partial charge on any atom is -0.486 e. The van der Waals surface area contributed by atoms with Gasteiger partial charge in [-0.1, -0.05) is 6.07 Å². The molecule has 0 aliphatic carbocycles. The van der Waals surface area contributed by atoms with Crippen molar-refractivity contribution in [2.45, 2.75) is 18.3 Å². The van der Waals surface area contributed by atoms with E-state index in [2.05, 4.69) is 12.1 Å². The molecule has 3 rings (SSSR count). The van der Waals surface area contributed by atoms with Crippen LogP contribution >= 0.6 is 0 Å². The van der Waals surface area contributed by atoms with Crippen LogP contribution in [0.1, 0.15) is 18.4 Å². The van der Waals surface area contributed by atoms with Gasteiger partial charge in [0.05, 0.1) is 13.2 Å². The third-order valence-corrected chi connectivity index (χ3v) is 3.72. The molecule has 0 atom stereocenters. The van der Waals surface area contributed by atoms with E-state index in [4.69, 9.17) is 19.3 Å². The van der Waals surface area contributed by atoms with Crippen LogP contribution in [0.2, 0.25) is 0 Å². The Balaban J connectivity index is 1.86. The van der Waals surface area contributed by atoms with Crippen molar-refractivity contribution >= 4 is 0 Å². The zero-order valence-electron chi connectivity index (χ0n) is 10.4. The summed E-state index contributed by atoms with van der Waals surface area (Å²) in [5, 5.41) is 9.00. The summed E-state index contributed by atoms with van der Waals surface area (Å²) in [5.41, 5.74) is 1.28. The van der Waals surface area contributed by atoms with E-state index in [9.17, 15) is 0 Å². The van der Waals surface area contributed by atoms with Crippen LogP contribution in [0, 0.1) is 0 Å². The lowest BCUT2D eigenvalue weighted by atomic mass is 9.75. The van der Waals surface area contributed by atoms with Crippen LogP contribution in [-0.2, 0) is 10.2 Å². The fourth-order valence-corrected chi connectivity index (χ4v) is 2.59. The highest BCUT2D eigenvalue weighted by molar-refractivity contribution is 5.46. The number of ether oxygens (including phenoxy) is 3. The summed E-state index contributed by atoms with van der Waals surface area (Å²) in [6.45, 7) is 2.91. The highest BCUT2D eigenvalue weighted by Crippen LogP contribution is 2.41. The first kappa shape index (κ1) is 11.8. The van der Waals surface area contributed by atoms with E-state index >= 15 is 0 Å².